The Balaban J connectivity index is 1.08. The fourth-order valence-electron chi connectivity index (χ4n) is 8.76. The number of thioether (sulfide) groups is 1. The van der Waals surface area contributed by atoms with E-state index in [0.717, 1.165) is 82.8 Å². The maximum Gasteiger partial charge on any atom is 0.453 e. The molecule has 3 nitrogen and oxygen atoms in total. The first kappa shape index (κ1) is 36.9. The summed E-state index contributed by atoms with van der Waals surface area (Å²) in [6.07, 6.45) is 6.66. The van der Waals surface area contributed by atoms with Gasteiger partial charge in [-0.25, -0.2) is 4.79 Å². The summed E-state index contributed by atoms with van der Waals surface area (Å²) >= 11 is 1.46. The molecule has 0 amide bonds. The second-order valence-electron chi connectivity index (χ2n) is 14.5. The smallest absolute Gasteiger partial charge is 0.423 e. The standard InChI is InChI=1S/C39H49F5O3S/c1-37-22-20-32-31-17-16-30(47-36(46)27-13-9-7-10-14-27)26-29(31)25-28(35(32)33(37)18-19-34(37)45)15-8-5-3-2-4-6-11-23-48-24-12-21-38(40,41)39(42,43)44/h7,9-10,13-14,16-17,26,28,32-33,35H,2-6,8,11-12,15,18-25H2,1H3/t28-,32-,33+,35-,37+/m1/s1. The molecule has 2 saturated carbocycles. The largest absolute Gasteiger partial charge is 0.453 e. The molecule has 0 saturated heterocycles. The van der Waals surface area contributed by atoms with Crippen LogP contribution in [0, 0.1) is 23.2 Å². The maximum atomic E-state index is 13.0. The fourth-order valence-corrected chi connectivity index (χ4v) is 9.72. The van der Waals surface area contributed by atoms with Crippen molar-refractivity contribution in [2.45, 2.75) is 121 Å². The van der Waals surface area contributed by atoms with Gasteiger partial charge in [0.25, 0.3) is 0 Å². The van der Waals surface area contributed by atoms with Gasteiger partial charge in [0.15, 0.2) is 0 Å². The van der Waals surface area contributed by atoms with Gasteiger partial charge < -0.3 is 4.74 Å². The molecule has 2 aromatic carbocycles. The van der Waals surface area contributed by atoms with Gasteiger partial charge in [-0.3, -0.25) is 4.79 Å². The Labute approximate surface area is 286 Å². The van der Waals surface area contributed by atoms with E-state index >= 15 is 0 Å². The second-order valence-corrected chi connectivity index (χ2v) is 15.7. The molecule has 2 fully saturated rings. The van der Waals surface area contributed by atoms with E-state index in [-0.39, 0.29) is 17.8 Å². The Morgan fingerprint density at radius 2 is 1.58 bits per heavy atom. The van der Waals surface area contributed by atoms with Crippen LogP contribution in [0.5, 0.6) is 5.75 Å². The van der Waals surface area contributed by atoms with Crippen molar-refractivity contribution in [1.29, 1.82) is 0 Å². The third kappa shape index (κ3) is 8.65. The minimum Gasteiger partial charge on any atom is -0.423 e. The zero-order chi connectivity index (χ0) is 34.4. The van der Waals surface area contributed by atoms with Gasteiger partial charge in [-0.1, -0.05) is 69.7 Å². The molecule has 0 aliphatic heterocycles. The van der Waals surface area contributed by atoms with Gasteiger partial charge in [-0.2, -0.15) is 33.7 Å². The number of hydrogen-bond donors (Lipinski definition) is 0. The van der Waals surface area contributed by atoms with Crippen LogP contribution in [0.15, 0.2) is 48.5 Å². The lowest BCUT2D eigenvalue weighted by molar-refractivity contribution is -0.284. The van der Waals surface area contributed by atoms with Crippen molar-refractivity contribution in [2.75, 3.05) is 11.5 Å². The van der Waals surface area contributed by atoms with Crippen LogP contribution in [-0.2, 0) is 11.2 Å². The minimum atomic E-state index is -5.46. The summed E-state index contributed by atoms with van der Waals surface area (Å²) in [5.41, 5.74) is 2.97. The predicted octanol–water partition coefficient (Wildman–Crippen LogP) is 11.4. The van der Waals surface area contributed by atoms with Crippen LogP contribution < -0.4 is 4.74 Å². The number of benzene rings is 2. The van der Waals surface area contributed by atoms with E-state index < -0.39 is 18.5 Å². The average molecular weight is 693 g/mol. The van der Waals surface area contributed by atoms with Gasteiger partial charge in [0.05, 0.1) is 5.56 Å². The molecule has 48 heavy (non-hydrogen) atoms. The number of esters is 1. The maximum absolute atomic E-state index is 13.0. The molecular weight excluding hydrogens is 643 g/mol. The molecule has 2 aromatic rings. The molecule has 264 valence electrons. The highest BCUT2D eigenvalue weighted by Crippen LogP contribution is 2.61. The third-order valence-electron chi connectivity index (χ3n) is 11.4. The first-order valence-electron chi connectivity index (χ1n) is 17.9. The Hall–Kier alpha value is -2.42. The molecule has 5 atom stereocenters. The summed E-state index contributed by atoms with van der Waals surface area (Å²) in [5, 5.41) is 0. The molecule has 0 radical (unpaired) electrons. The number of ether oxygens (including phenoxy) is 1. The first-order valence-corrected chi connectivity index (χ1v) is 19.0. The van der Waals surface area contributed by atoms with Crippen molar-refractivity contribution in [2.24, 2.45) is 23.2 Å². The molecule has 0 N–H and O–H groups in total. The van der Waals surface area contributed by atoms with Gasteiger partial charge in [-0.15, -0.1) is 0 Å². The summed E-state index contributed by atoms with van der Waals surface area (Å²) in [5.74, 6) is -0.956. The Bertz CT molecular complexity index is 1380. The van der Waals surface area contributed by atoms with E-state index in [9.17, 15) is 31.5 Å². The summed E-state index contributed by atoms with van der Waals surface area (Å²) in [6, 6.07) is 15.2. The van der Waals surface area contributed by atoms with Gasteiger partial charge in [0.1, 0.15) is 11.5 Å². The quantitative estimate of drug-likeness (QED) is 0.0760. The van der Waals surface area contributed by atoms with Gasteiger partial charge in [-0.05, 0) is 116 Å². The summed E-state index contributed by atoms with van der Waals surface area (Å²) in [7, 11) is 0. The first-order chi connectivity index (χ1) is 22.9. The number of ketones is 1. The van der Waals surface area contributed by atoms with Crippen molar-refractivity contribution in [3.8, 4) is 5.75 Å². The number of carbonyl (C=O) groups excluding carboxylic acids is 2. The number of fused-ring (bicyclic) bond motifs is 5. The number of carbonyl (C=O) groups is 2. The second kappa shape index (κ2) is 16.1. The minimum absolute atomic E-state index is 0.134. The Morgan fingerprint density at radius 1 is 0.896 bits per heavy atom. The van der Waals surface area contributed by atoms with E-state index in [1.807, 2.05) is 24.3 Å². The molecule has 0 aromatic heterocycles. The normalized spacial score (nSPS) is 25.3. The Morgan fingerprint density at radius 3 is 2.31 bits per heavy atom. The summed E-state index contributed by atoms with van der Waals surface area (Å²) in [4.78, 5) is 25.8. The van der Waals surface area contributed by atoms with E-state index in [0.29, 0.717) is 52.9 Å². The monoisotopic (exact) mass is 692 g/mol. The highest BCUT2D eigenvalue weighted by atomic mass is 32.2. The van der Waals surface area contributed by atoms with Crippen molar-refractivity contribution in [3.05, 3.63) is 65.2 Å². The average Bonchev–Trinajstić information content (AvgIpc) is 3.36. The summed E-state index contributed by atoms with van der Waals surface area (Å²) < 4.78 is 68.6. The fraction of sp³-hybridized carbons (Fsp3) is 0.641. The molecule has 5 rings (SSSR count). The summed E-state index contributed by atoms with van der Waals surface area (Å²) in [6.45, 7) is 2.22. The van der Waals surface area contributed by atoms with E-state index in [4.69, 9.17) is 4.74 Å². The number of Topliss-reactive ketones (excluding diaryl/α,β-unsaturated/α-hetero) is 1. The predicted molar refractivity (Wildman–Crippen MR) is 181 cm³/mol. The van der Waals surface area contributed by atoms with Crippen LogP contribution in [0.25, 0.3) is 0 Å². The highest BCUT2D eigenvalue weighted by molar-refractivity contribution is 7.99. The lowest BCUT2D eigenvalue weighted by Crippen LogP contribution is -2.46. The molecule has 3 aliphatic carbocycles. The number of alkyl halides is 5. The van der Waals surface area contributed by atoms with Crippen molar-refractivity contribution < 1.29 is 36.3 Å². The van der Waals surface area contributed by atoms with E-state index in [2.05, 4.69) is 19.1 Å². The van der Waals surface area contributed by atoms with Crippen LogP contribution in [0.4, 0.5) is 22.0 Å². The van der Waals surface area contributed by atoms with Gasteiger partial charge in [0.2, 0.25) is 0 Å². The molecule has 9 heteroatoms. The zero-order valence-electron chi connectivity index (χ0n) is 28.0. The number of unbranched alkanes of at least 4 members (excludes halogenated alkanes) is 6. The van der Waals surface area contributed by atoms with Gasteiger partial charge >= 0.3 is 18.1 Å². The lowest BCUT2D eigenvalue weighted by atomic mass is 9.52. The SMILES string of the molecule is C[C@]12CC[C@@H]3c4ccc(OC(=O)c5ccccc5)cc4C[C@@H](CCCCCCCCCSCCCC(F)(F)C(F)(F)F)[C@H]3[C@@H]1CCC2=O. The van der Waals surface area contributed by atoms with E-state index in [1.165, 1.54) is 22.9 Å². The highest BCUT2D eigenvalue weighted by Gasteiger charge is 2.57. The topological polar surface area (TPSA) is 43.4 Å². The van der Waals surface area contributed by atoms with Crippen LogP contribution in [0.1, 0.15) is 124 Å². The molecule has 0 bridgehead atoms. The zero-order valence-corrected chi connectivity index (χ0v) is 28.8. The van der Waals surface area contributed by atoms with Crippen LogP contribution in [0.3, 0.4) is 0 Å². The number of rotatable bonds is 16. The Kier molecular flexibility index (Phi) is 12.3. The molecule has 0 unspecified atom stereocenters. The molecular formula is C39H49F5O3S. The van der Waals surface area contributed by atoms with Crippen molar-refractivity contribution in [3.63, 3.8) is 0 Å². The van der Waals surface area contributed by atoms with Crippen LogP contribution in [-0.4, -0.2) is 35.4 Å². The third-order valence-corrected chi connectivity index (χ3v) is 12.5. The van der Waals surface area contributed by atoms with Crippen LogP contribution >= 0.6 is 11.8 Å². The number of hydrogen-bond acceptors (Lipinski definition) is 4. The number of halogens is 5. The van der Waals surface area contributed by atoms with Crippen LogP contribution in [0.2, 0.25) is 0 Å². The van der Waals surface area contributed by atoms with Crippen molar-refractivity contribution in [1.82, 2.24) is 0 Å². The van der Waals surface area contributed by atoms with Crippen molar-refractivity contribution >= 4 is 23.5 Å². The van der Waals surface area contributed by atoms with Gasteiger partial charge in [0, 0.05) is 18.3 Å². The van der Waals surface area contributed by atoms with E-state index in [1.54, 1.807) is 12.1 Å². The molecule has 0 spiro atoms. The lowest BCUT2D eigenvalue weighted by Gasteiger charge is -2.51. The molecule has 0 heterocycles. The molecule has 3 aliphatic rings.